The summed E-state index contributed by atoms with van der Waals surface area (Å²) in [7, 11) is 1.74. The van der Waals surface area contributed by atoms with Crippen LogP contribution in [0.1, 0.15) is 25.8 Å². The number of ether oxygens (including phenoxy) is 2. The van der Waals surface area contributed by atoms with E-state index in [-0.39, 0.29) is 5.41 Å². The second-order valence-electron chi connectivity index (χ2n) is 6.32. The van der Waals surface area contributed by atoms with Gasteiger partial charge in [0, 0.05) is 18.6 Å². The molecule has 3 heteroatoms. The average molecular weight is 277 g/mol. The van der Waals surface area contributed by atoms with E-state index in [1.807, 2.05) is 12.1 Å². The van der Waals surface area contributed by atoms with Crippen LogP contribution in [0.25, 0.3) is 0 Å². The standard InChI is InChI=1S/C17H27NO2/c1-14(2)11-18-12-17(8-9-20-13-17)10-15-6-4-5-7-16(15)19-3/h4-7,14,18H,8-13H2,1-3H3. The van der Waals surface area contributed by atoms with Crippen molar-refractivity contribution in [2.24, 2.45) is 11.3 Å². The summed E-state index contributed by atoms with van der Waals surface area (Å²) >= 11 is 0. The van der Waals surface area contributed by atoms with Gasteiger partial charge in [0.1, 0.15) is 5.75 Å². The second kappa shape index (κ2) is 7.09. The van der Waals surface area contributed by atoms with Gasteiger partial charge in [-0.2, -0.15) is 0 Å². The molecule has 1 saturated heterocycles. The topological polar surface area (TPSA) is 30.5 Å². The van der Waals surface area contributed by atoms with Crippen molar-refractivity contribution >= 4 is 0 Å². The van der Waals surface area contributed by atoms with E-state index in [9.17, 15) is 0 Å². The van der Waals surface area contributed by atoms with E-state index < -0.39 is 0 Å². The minimum atomic E-state index is 0.212. The molecule has 1 aliphatic rings. The molecule has 3 nitrogen and oxygen atoms in total. The van der Waals surface area contributed by atoms with Gasteiger partial charge >= 0.3 is 0 Å². The number of hydrogen-bond donors (Lipinski definition) is 1. The zero-order valence-electron chi connectivity index (χ0n) is 12.9. The SMILES string of the molecule is COc1ccccc1CC1(CNCC(C)C)CCOC1. The maximum absolute atomic E-state index is 5.68. The number of hydrogen-bond acceptors (Lipinski definition) is 3. The van der Waals surface area contributed by atoms with Gasteiger partial charge in [0.15, 0.2) is 0 Å². The first-order valence-electron chi connectivity index (χ1n) is 7.55. The maximum atomic E-state index is 5.68. The Morgan fingerprint density at radius 2 is 2.15 bits per heavy atom. The summed E-state index contributed by atoms with van der Waals surface area (Å²) in [5.74, 6) is 1.67. The van der Waals surface area contributed by atoms with Crippen molar-refractivity contribution in [3.05, 3.63) is 29.8 Å². The van der Waals surface area contributed by atoms with Crippen LogP contribution >= 0.6 is 0 Å². The van der Waals surface area contributed by atoms with Crippen molar-refractivity contribution in [1.29, 1.82) is 0 Å². The fourth-order valence-corrected chi connectivity index (χ4v) is 2.87. The van der Waals surface area contributed by atoms with E-state index in [1.165, 1.54) is 5.56 Å². The highest BCUT2D eigenvalue weighted by atomic mass is 16.5. The van der Waals surface area contributed by atoms with Gasteiger partial charge in [0.25, 0.3) is 0 Å². The average Bonchev–Trinajstić information content (AvgIpc) is 2.87. The summed E-state index contributed by atoms with van der Waals surface area (Å²) in [6.07, 6.45) is 2.14. The highest BCUT2D eigenvalue weighted by Crippen LogP contribution is 2.34. The molecular weight excluding hydrogens is 250 g/mol. The van der Waals surface area contributed by atoms with Gasteiger partial charge < -0.3 is 14.8 Å². The molecular formula is C17H27NO2. The number of nitrogens with one attached hydrogen (secondary N) is 1. The summed E-state index contributed by atoms with van der Waals surface area (Å²) in [6.45, 7) is 8.28. The molecule has 0 spiro atoms. The Balaban J connectivity index is 2.04. The van der Waals surface area contributed by atoms with Gasteiger partial charge in [-0.3, -0.25) is 0 Å². The molecule has 112 valence electrons. The van der Waals surface area contributed by atoms with Gasteiger partial charge in [0.05, 0.1) is 13.7 Å². The molecule has 1 N–H and O–H groups in total. The van der Waals surface area contributed by atoms with E-state index >= 15 is 0 Å². The lowest BCUT2D eigenvalue weighted by molar-refractivity contribution is 0.148. The van der Waals surface area contributed by atoms with Gasteiger partial charge in [-0.1, -0.05) is 32.0 Å². The van der Waals surface area contributed by atoms with Crippen LogP contribution in [0.4, 0.5) is 0 Å². The third-order valence-electron chi connectivity index (χ3n) is 4.00. The Labute approximate surface area is 122 Å². The Morgan fingerprint density at radius 3 is 2.80 bits per heavy atom. The van der Waals surface area contributed by atoms with E-state index in [4.69, 9.17) is 9.47 Å². The van der Waals surface area contributed by atoms with E-state index in [2.05, 4.69) is 31.3 Å². The number of benzene rings is 1. The number of rotatable bonds is 7. The molecule has 0 saturated carbocycles. The van der Waals surface area contributed by atoms with Crippen LogP contribution in [0, 0.1) is 11.3 Å². The van der Waals surface area contributed by atoms with Crippen LogP contribution < -0.4 is 10.1 Å². The molecule has 1 aromatic rings. The molecule has 0 radical (unpaired) electrons. The van der Waals surface area contributed by atoms with E-state index in [1.54, 1.807) is 7.11 Å². The van der Waals surface area contributed by atoms with Crippen LogP contribution in [0.2, 0.25) is 0 Å². The summed E-state index contributed by atoms with van der Waals surface area (Å²) in [5, 5.41) is 3.60. The molecule has 1 aliphatic heterocycles. The van der Waals surface area contributed by atoms with Crippen molar-refractivity contribution in [2.45, 2.75) is 26.7 Å². The van der Waals surface area contributed by atoms with Crippen LogP contribution in [0.15, 0.2) is 24.3 Å². The zero-order valence-corrected chi connectivity index (χ0v) is 12.9. The predicted octanol–water partition coefficient (Wildman–Crippen LogP) is 2.89. The highest BCUT2D eigenvalue weighted by Gasteiger charge is 2.35. The lowest BCUT2D eigenvalue weighted by atomic mass is 9.80. The first-order valence-corrected chi connectivity index (χ1v) is 7.55. The predicted molar refractivity (Wildman–Crippen MR) is 82.3 cm³/mol. The first kappa shape index (κ1) is 15.3. The Bertz CT molecular complexity index is 411. The Morgan fingerprint density at radius 1 is 1.35 bits per heavy atom. The van der Waals surface area contributed by atoms with Crippen molar-refractivity contribution < 1.29 is 9.47 Å². The normalized spacial score (nSPS) is 22.4. The smallest absolute Gasteiger partial charge is 0.122 e. The van der Waals surface area contributed by atoms with Crippen LogP contribution in [-0.2, 0) is 11.2 Å². The minimum Gasteiger partial charge on any atom is -0.496 e. The molecule has 1 atom stereocenters. The van der Waals surface area contributed by atoms with E-state index in [0.29, 0.717) is 5.92 Å². The van der Waals surface area contributed by atoms with Crippen LogP contribution in [0.5, 0.6) is 5.75 Å². The van der Waals surface area contributed by atoms with Crippen LogP contribution in [0.3, 0.4) is 0 Å². The zero-order chi connectivity index (χ0) is 14.4. The summed E-state index contributed by atoms with van der Waals surface area (Å²) in [6, 6.07) is 8.32. The maximum Gasteiger partial charge on any atom is 0.122 e. The first-order chi connectivity index (χ1) is 9.65. The molecule has 0 bridgehead atoms. The van der Waals surface area contributed by atoms with Crippen molar-refractivity contribution in [3.63, 3.8) is 0 Å². The van der Waals surface area contributed by atoms with Gasteiger partial charge in [0.2, 0.25) is 0 Å². The van der Waals surface area contributed by atoms with Gasteiger partial charge in [-0.05, 0) is 36.9 Å². The molecule has 0 aliphatic carbocycles. The summed E-state index contributed by atoms with van der Waals surface area (Å²) in [4.78, 5) is 0. The number of methoxy groups -OCH3 is 1. The third-order valence-corrected chi connectivity index (χ3v) is 4.00. The lowest BCUT2D eigenvalue weighted by Gasteiger charge is -2.29. The molecule has 0 aromatic heterocycles. The molecule has 1 fully saturated rings. The molecule has 1 unspecified atom stereocenters. The molecule has 1 aromatic carbocycles. The second-order valence-corrected chi connectivity index (χ2v) is 6.32. The van der Waals surface area contributed by atoms with Gasteiger partial charge in [-0.15, -0.1) is 0 Å². The largest absolute Gasteiger partial charge is 0.496 e. The van der Waals surface area contributed by atoms with Crippen LogP contribution in [-0.4, -0.2) is 33.4 Å². The molecule has 0 amide bonds. The lowest BCUT2D eigenvalue weighted by Crippen LogP contribution is -2.38. The highest BCUT2D eigenvalue weighted by molar-refractivity contribution is 5.34. The van der Waals surface area contributed by atoms with E-state index in [0.717, 1.165) is 44.9 Å². The Kier molecular flexibility index (Phi) is 5.44. The van der Waals surface area contributed by atoms with Gasteiger partial charge in [-0.25, -0.2) is 0 Å². The summed E-state index contributed by atoms with van der Waals surface area (Å²) < 4.78 is 11.2. The van der Waals surface area contributed by atoms with Crippen molar-refractivity contribution in [2.75, 3.05) is 33.4 Å². The van der Waals surface area contributed by atoms with Crippen molar-refractivity contribution in [3.8, 4) is 5.75 Å². The minimum absolute atomic E-state index is 0.212. The fourth-order valence-electron chi connectivity index (χ4n) is 2.87. The molecule has 20 heavy (non-hydrogen) atoms. The summed E-state index contributed by atoms with van der Waals surface area (Å²) in [5.41, 5.74) is 1.50. The molecule has 1 heterocycles. The Hall–Kier alpha value is -1.06. The fraction of sp³-hybridized carbons (Fsp3) is 0.647. The van der Waals surface area contributed by atoms with Crippen molar-refractivity contribution in [1.82, 2.24) is 5.32 Å². The monoisotopic (exact) mass is 277 g/mol. The molecule has 2 rings (SSSR count). The quantitative estimate of drug-likeness (QED) is 0.831. The number of para-hydroxylation sites is 1. The third kappa shape index (κ3) is 3.97.